The number of benzene rings is 1. The zero-order chi connectivity index (χ0) is 14.9. The fourth-order valence-electron chi connectivity index (χ4n) is 1.76. The highest BCUT2D eigenvalue weighted by molar-refractivity contribution is 14.1. The molecule has 0 spiro atoms. The molecule has 0 bridgehead atoms. The average molecular weight is 411 g/mol. The third kappa shape index (κ3) is 3.68. The van der Waals surface area contributed by atoms with Crippen LogP contribution in [0, 0.1) is 9.49 Å². The van der Waals surface area contributed by atoms with Crippen LogP contribution in [0.3, 0.4) is 0 Å². The first-order chi connectivity index (χ1) is 9.31. The molecule has 1 aliphatic rings. The van der Waals surface area contributed by atoms with E-state index in [1.54, 1.807) is 0 Å². The number of carboxylic acid groups (broad SMARTS) is 1. The van der Waals surface area contributed by atoms with Crippen LogP contribution in [-0.2, 0) is 10.0 Å². The van der Waals surface area contributed by atoms with Crippen LogP contribution < -0.4 is 4.72 Å². The van der Waals surface area contributed by atoms with Gasteiger partial charge >= 0.3 is 5.97 Å². The Morgan fingerprint density at radius 2 is 2.10 bits per heavy atom. The van der Waals surface area contributed by atoms with E-state index in [4.69, 9.17) is 5.11 Å². The van der Waals surface area contributed by atoms with Crippen LogP contribution in [0.5, 0.6) is 0 Å². The highest BCUT2D eigenvalue weighted by Crippen LogP contribution is 2.32. The molecule has 1 unspecified atom stereocenters. The van der Waals surface area contributed by atoms with Crippen LogP contribution in [0.1, 0.15) is 23.2 Å². The van der Waals surface area contributed by atoms with Crippen LogP contribution in [0.4, 0.5) is 0 Å². The predicted octanol–water partition coefficient (Wildman–Crippen LogP) is 1.04. The summed E-state index contributed by atoms with van der Waals surface area (Å²) < 4.78 is 26.9. The third-order valence-corrected chi connectivity index (χ3v) is 5.49. The number of aliphatic hydroxyl groups excluding tert-OH is 1. The first-order valence-corrected chi connectivity index (χ1v) is 8.58. The molecule has 0 aromatic heterocycles. The summed E-state index contributed by atoms with van der Waals surface area (Å²) in [5.41, 5.74) is -0.0591. The van der Waals surface area contributed by atoms with Crippen LogP contribution >= 0.6 is 22.6 Å². The van der Waals surface area contributed by atoms with Crippen molar-refractivity contribution in [3.63, 3.8) is 0 Å². The maximum atomic E-state index is 12.0. The average Bonchev–Trinajstić information content (AvgIpc) is 3.20. The second kappa shape index (κ2) is 5.96. The van der Waals surface area contributed by atoms with Gasteiger partial charge in [-0.2, -0.15) is 0 Å². The van der Waals surface area contributed by atoms with Crippen molar-refractivity contribution in [3.05, 3.63) is 27.3 Å². The summed E-state index contributed by atoms with van der Waals surface area (Å²) in [4.78, 5) is 10.9. The monoisotopic (exact) mass is 411 g/mol. The molecule has 0 amide bonds. The van der Waals surface area contributed by atoms with Gasteiger partial charge in [0.2, 0.25) is 10.0 Å². The molecule has 1 saturated carbocycles. The van der Waals surface area contributed by atoms with Gasteiger partial charge in [0.1, 0.15) is 0 Å². The molecule has 8 heteroatoms. The van der Waals surface area contributed by atoms with Gasteiger partial charge in [0.25, 0.3) is 0 Å². The van der Waals surface area contributed by atoms with Crippen molar-refractivity contribution >= 4 is 38.6 Å². The Labute approximate surface area is 130 Å². The zero-order valence-corrected chi connectivity index (χ0v) is 13.4. The van der Waals surface area contributed by atoms with Crippen molar-refractivity contribution in [1.29, 1.82) is 0 Å². The van der Waals surface area contributed by atoms with E-state index in [1.807, 2.05) is 22.6 Å². The van der Waals surface area contributed by atoms with Crippen molar-refractivity contribution in [1.82, 2.24) is 4.72 Å². The smallest absolute Gasteiger partial charge is 0.336 e. The topological polar surface area (TPSA) is 104 Å². The molecule has 2 rings (SSSR count). The van der Waals surface area contributed by atoms with Gasteiger partial charge in [0.05, 0.1) is 16.6 Å². The number of sulfonamides is 1. The van der Waals surface area contributed by atoms with Crippen molar-refractivity contribution in [3.8, 4) is 0 Å². The van der Waals surface area contributed by atoms with Crippen molar-refractivity contribution < 1.29 is 23.4 Å². The van der Waals surface area contributed by atoms with Gasteiger partial charge in [-0.3, -0.25) is 0 Å². The number of aliphatic hydroxyl groups is 1. The number of carbonyl (C=O) groups is 1. The minimum absolute atomic E-state index is 0.0542. The quantitative estimate of drug-likeness (QED) is 0.607. The highest BCUT2D eigenvalue weighted by Gasteiger charge is 2.30. The van der Waals surface area contributed by atoms with Gasteiger partial charge < -0.3 is 10.2 Å². The molecule has 20 heavy (non-hydrogen) atoms. The van der Waals surface area contributed by atoms with Gasteiger partial charge in [-0.25, -0.2) is 17.9 Å². The Bertz CT molecular complexity index is 627. The minimum atomic E-state index is -3.81. The van der Waals surface area contributed by atoms with Crippen molar-refractivity contribution in [2.24, 2.45) is 5.92 Å². The molecule has 1 aromatic carbocycles. The fourth-order valence-corrected chi connectivity index (χ4v) is 3.40. The van der Waals surface area contributed by atoms with Gasteiger partial charge in [0.15, 0.2) is 0 Å². The third-order valence-electron chi connectivity index (χ3n) is 3.13. The zero-order valence-electron chi connectivity index (χ0n) is 10.4. The van der Waals surface area contributed by atoms with Gasteiger partial charge in [-0.1, -0.05) is 0 Å². The summed E-state index contributed by atoms with van der Waals surface area (Å²) in [6.07, 6.45) is 1.14. The Morgan fingerprint density at radius 1 is 1.45 bits per heavy atom. The molecule has 6 nitrogen and oxygen atoms in total. The van der Waals surface area contributed by atoms with E-state index in [-0.39, 0.29) is 22.9 Å². The van der Waals surface area contributed by atoms with E-state index >= 15 is 0 Å². The molecule has 1 fully saturated rings. The Balaban J connectivity index is 2.16. The summed E-state index contributed by atoms with van der Waals surface area (Å²) in [7, 11) is -3.81. The first kappa shape index (κ1) is 15.7. The molecule has 1 aromatic rings. The second-order valence-corrected chi connectivity index (χ2v) is 7.63. The number of aromatic carboxylic acids is 1. The molecular formula is C12H14INO5S. The van der Waals surface area contributed by atoms with Crippen LogP contribution in [-0.4, -0.2) is 37.2 Å². The Morgan fingerprint density at radius 3 is 2.65 bits per heavy atom. The van der Waals surface area contributed by atoms with E-state index < -0.39 is 22.1 Å². The molecule has 0 saturated heterocycles. The second-order valence-electron chi connectivity index (χ2n) is 4.70. The minimum Gasteiger partial charge on any atom is -0.478 e. The predicted molar refractivity (Wildman–Crippen MR) is 80.0 cm³/mol. The largest absolute Gasteiger partial charge is 0.478 e. The number of nitrogens with one attached hydrogen (secondary N) is 1. The molecule has 3 N–H and O–H groups in total. The van der Waals surface area contributed by atoms with Crippen molar-refractivity contribution in [2.45, 2.75) is 23.8 Å². The standard InChI is InChI=1S/C12H14INO5S/c13-10-4-3-8(5-9(10)12(16)17)20(18,19)14-6-11(15)7-1-2-7/h3-5,7,11,14-15H,1-2,6H2,(H,16,17). The normalized spacial score (nSPS) is 16.9. The fraction of sp³-hybridized carbons (Fsp3) is 0.417. The van der Waals surface area contributed by atoms with E-state index in [9.17, 15) is 18.3 Å². The highest BCUT2D eigenvalue weighted by atomic mass is 127. The number of carboxylic acids is 1. The molecule has 1 atom stereocenters. The number of rotatable bonds is 6. The lowest BCUT2D eigenvalue weighted by atomic mass is 10.2. The van der Waals surface area contributed by atoms with Crippen molar-refractivity contribution in [2.75, 3.05) is 6.54 Å². The number of hydrogen-bond acceptors (Lipinski definition) is 4. The SMILES string of the molecule is O=C(O)c1cc(S(=O)(=O)NCC(O)C2CC2)ccc1I. The molecule has 1 aliphatic carbocycles. The first-order valence-electron chi connectivity index (χ1n) is 6.02. The summed E-state index contributed by atoms with van der Waals surface area (Å²) in [6, 6.07) is 3.91. The lowest BCUT2D eigenvalue weighted by Gasteiger charge is -2.12. The molecule has 110 valence electrons. The summed E-state index contributed by atoms with van der Waals surface area (Å²) in [5.74, 6) is -1.01. The molecular weight excluding hydrogens is 397 g/mol. The number of halogens is 1. The van der Waals surface area contributed by atoms with E-state index in [2.05, 4.69) is 4.72 Å². The van der Waals surface area contributed by atoms with E-state index in [0.29, 0.717) is 3.57 Å². The number of hydrogen-bond donors (Lipinski definition) is 3. The molecule has 0 aliphatic heterocycles. The lowest BCUT2D eigenvalue weighted by molar-refractivity contribution is 0.0695. The molecule has 0 radical (unpaired) electrons. The van der Waals surface area contributed by atoms with Crippen LogP contribution in [0.2, 0.25) is 0 Å². The Kier molecular flexibility index (Phi) is 4.67. The Hall–Kier alpha value is -0.710. The van der Waals surface area contributed by atoms with E-state index in [0.717, 1.165) is 18.9 Å². The maximum Gasteiger partial charge on any atom is 0.336 e. The van der Waals surface area contributed by atoms with Crippen LogP contribution in [0.25, 0.3) is 0 Å². The van der Waals surface area contributed by atoms with Gasteiger partial charge in [-0.15, -0.1) is 0 Å². The van der Waals surface area contributed by atoms with E-state index in [1.165, 1.54) is 12.1 Å². The summed E-state index contributed by atoms with van der Waals surface area (Å²) >= 11 is 1.83. The summed E-state index contributed by atoms with van der Waals surface area (Å²) in [5, 5.41) is 18.7. The molecule has 0 heterocycles. The van der Waals surface area contributed by atoms with Crippen LogP contribution in [0.15, 0.2) is 23.1 Å². The summed E-state index contributed by atoms with van der Waals surface area (Å²) in [6.45, 7) is -0.0542. The van der Waals surface area contributed by atoms with Gasteiger partial charge in [-0.05, 0) is 59.5 Å². The lowest BCUT2D eigenvalue weighted by Crippen LogP contribution is -2.33. The maximum absolute atomic E-state index is 12.0. The van der Waals surface area contributed by atoms with Gasteiger partial charge in [0, 0.05) is 10.1 Å².